The van der Waals surface area contributed by atoms with Gasteiger partial charge in [0, 0.05) is 14.1 Å². The molecular formula is C30H38N2O4. The molecule has 0 amide bonds. The molecule has 0 bridgehead atoms. The highest BCUT2D eigenvalue weighted by atomic mass is 16.6. The molecule has 0 fully saturated rings. The molecule has 36 heavy (non-hydrogen) atoms. The molecule has 1 N–H and O–H groups in total. The maximum Gasteiger partial charge on any atom is 0.351 e. The molecule has 6 nitrogen and oxygen atoms in total. The number of aromatic nitrogens is 2. The van der Waals surface area contributed by atoms with Crippen LogP contribution >= 0.6 is 0 Å². The van der Waals surface area contributed by atoms with E-state index in [0.717, 1.165) is 22.3 Å². The Labute approximate surface area is 217 Å². The van der Waals surface area contributed by atoms with E-state index in [1.54, 1.807) is 6.92 Å². The van der Waals surface area contributed by atoms with E-state index in [4.69, 9.17) is 12.2 Å². The fourth-order valence-corrected chi connectivity index (χ4v) is 4.54. The van der Waals surface area contributed by atoms with Crippen LogP contribution in [0.2, 0.25) is 0 Å². The molecule has 1 aromatic heterocycles. The van der Waals surface area contributed by atoms with Gasteiger partial charge in [0.05, 0.1) is 6.10 Å². The van der Waals surface area contributed by atoms with Gasteiger partial charge in [-0.05, 0) is 101 Å². The summed E-state index contributed by atoms with van der Waals surface area (Å²) >= 11 is 0. The summed E-state index contributed by atoms with van der Waals surface area (Å²) in [6.07, 6.45) is -2.17. The van der Waals surface area contributed by atoms with Gasteiger partial charge < -0.3 is 14.6 Å². The number of aryl methyl sites for hydroxylation is 5. The molecule has 6 heteroatoms. The maximum absolute atomic E-state index is 13.4. The number of carbonyl (C=O) groups is 1. The molecule has 0 spiro atoms. The minimum absolute atomic E-state index is 0.0982. The molecule has 3 rings (SSSR count). The molecule has 0 saturated heterocycles. The zero-order chi connectivity index (χ0) is 28.6. The highest BCUT2D eigenvalue weighted by molar-refractivity contribution is 5.81. The Bertz CT molecular complexity index is 1350. The lowest BCUT2D eigenvalue weighted by molar-refractivity contribution is -0.196. The van der Waals surface area contributed by atoms with E-state index in [9.17, 15) is 9.90 Å². The van der Waals surface area contributed by atoms with Crippen molar-refractivity contribution in [2.75, 3.05) is 0 Å². The van der Waals surface area contributed by atoms with E-state index in [1.165, 1.54) is 19.9 Å². The lowest BCUT2D eigenvalue weighted by Gasteiger charge is -2.47. The number of carboxylic acid groups (broad SMARTS) is 1. The van der Waals surface area contributed by atoms with Crippen LogP contribution in [0.4, 0.5) is 0 Å². The van der Waals surface area contributed by atoms with Crippen molar-refractivity contribution in [3.8, 4) is 6.01 Å². The summed E-state index contributed by atoms with van der Waals surface area (Å²) in [7, 11) is 0. The van der Waals surface area contributed by atoms with Crippen LogP contribution in [0.15, 0.2) is 42.5 Å². The van der Waals surface area contributed by atoms with Gasteiger partial charge in [-0.2, -0.15) is 0 Å². The van der Waals surface area contributed by atoms with Gasteiger partial charge in [-0.25, -0.2) is 14.8 Å². The smallest absolute Gasteiger partial charge is 0.351 e. The van der Waals surface area contributed by atoms with E-state index in [1.807, 2.05) is 77.9 Å². The van der Waals surface area contributed by atoms with Crippen LogP contribution in [0.1, 0.15) is 75.2 Å². The summed E-state index contributed by atoms with van der Waals surface area (Å²) in [5.41, 5.74) is 2.02. The topological polar surface area (TPSA) is 81.5 Å². The molecule has 0 aliphatic heterocycles. The number of ether oxygens (including phenoxy) is 2. The molecule has 0 aliphatic rings. The van der Waals surface area contributed by atoms with Crippen molar-refractivity contribution in [1.82, 2.24) is 9.97 Å². The second kappa shape index (κ2) is 10.4. The third-order valence-corrected chi connectivity index (χ3v) is 6.78. The van der Waals surface area contributed by atoms with Crippen LogP contribution in [0.25, 0.3) is 0 Å². The van der Waals surface area contributed by atoms with Crippen molar-refractivity contribution in [2.24, 2.45) is 0 Å². The SMILES string of the molecule is [2H]C([2H])(C)c1cc(C)nc(O[C@](C)(C(=O)O)C(OC(C)C)(c2ccc(C)c(C)c2)c2cccc(C)c2C)n1. The monoisotopic (exact) mass is 492 g/mol. The number of nitrogens with zero attached hydrogens (tertiary/aromatic N) is 2. The minimum atomic E-state index is -2.07. The average Bonchev–Trinajstić information content (AvgIpc) is 2.80. The van der Waals surface area contributed by atoms with E-state index in [2.05, 4.69) is 9.97 Å². The molecule has 0 aliphatic carbocycles. The summed E-state index contributed by atoms with van der Waals surface area (Å²) in [6, 6.07) is 12.8. The molecule has 1 heterocycles. The number of carboxylic acids is 1. The molecule has 1 unspecified atom stereocenters. The molecule has 192 valence electrons. The van der Waals surface area contributed by atoms with Gasteiger partial charge in [0.25, 0.3) is 0 Å². The minimum Gasteiger partial charge on any atom is -0.478 e. The highest BCUT2D eigenvalue weighted by Crippen LogP contribution is 2.48. The zero-order valence-corrected chi connectivity index (χ0v) is 22.7. The second-order valence-corrected chi connectivity index (χ2v) is 9.76. The largest absolute Gasteiger partial charge is 0.478 e. The lowest BCUT2D eigenvalue weighted by Crippen LogP contribution is -2.62. The number of hydrogen-bond acceptors (Lipinski definition) is 5. The van der Waals surface area contributed by atoms with Crippen molar-refractivity contribution in [1.29, 1.82) is 0 Å². The summed E-state index contributed by atoms with van der Waals surface area (Å²) in [4.78, 5) is 22.0. The van der Waals surface area contributed by atoms with Gasteiger partial charge in [-0.3, -0.25) is 0 Å². The van der Waals surface area contributed by atoms with Gasteiger partial charge in [-0.15, -0.1) is 0 Å². The van der Waals surface area contributed by atoms with Crippen LogP contribution in [-0.2, 0) is 21.5 Å². The first-order chi connectivity index (χ1) is 17.5. The summed E-state index contributed by atoms with van der Waals surface area (Å²) in [6.45, 7) is 16.1. The van der Waals surface area contributed by atoms with Crippen LogP contribution in [-0.4, -0.2) is 32.7 Å². The van der Waals surface area contributed by atoms with Crippen LogP contribution in [0.3, 0.4) is 0 Å². The van der Waals surface area contributed by atoms with Crippen molar-refractivity contribution in [2.45, 2.75) is 86.0 Å². The van der Waals surface area contributed by atoms with Gasteiger partial charge in [0.2, 0.25) is 5.60 Å². The molecule has 0 saturated carbocycles. The van der Waals surface area contributed by atoms with Gasteiger partial charge in [-0.1, -0.05) is 43.3 Å². The standard InChI is InChI=1S/C30H38N2O4/c1-10-25-17-22(7)31-28(32-25)36-29(9,27(33)34)30(35-18(2)3,24-15-14-19(4)21(6)16-24)26-13-11-12-20(5)23(26)8/h11-18H,10H2,1-9H3,(H,33,34)/t29-,30?/m1/s1/i10D2. The van der Waals surface area contributed by atoms with Gasteiger partial charge in [0.15, 0.2) is 5.60 Å². The lowest BCUT2D eigenvalue weighted by atomic mass is 9.70. The van der Waals surface area contributed by atoms with Crippen molar-refractivity contribution in [3.63, 3.8) is 0 Å². The predicted molar refractivity (Wildman–Crippen MR) is 142 cm³/mol. The fraction of sp³-hybridized carbons (Fsp3) is 0.433. The Morgan fingerprint density at radius 3 is 2.31 bits per heavy atom. The quantitative estimate of drug-likeness (QED) is 0.385. The Balaban J connectivity index is 2.47. The first-order valence-electron chi connectivity index (χ1n) is 13.1. The summed E-state index contributed by atoms with van der Waals surface area (Å²) < 4.78 is 29.3. The van der Waals surface area contributed by atoms with E-state index >= 15 is 0 Å². The number of aliphatic carboxylic acids is 1. The molecule has 3 aromatic rings. The van der Waals surface area contributed by atoms with Crippen molar-refractivity contribution >= 4 is 5.97 Å². The molecule has 0 radical (unpaired) electrons. The summed E-state index contributed by atoms with van der Waals surface area (Å²) in [5.74, 6) is -1.27. The van der Waals surface area contributed by atoms with Crippen LogP contribution in [0.5, 0.6) is 6.01 Å². The number of benzene rings is 2. The Morgan fingerprint density at radius 2 is 1.72 bits per heavy atom. The van der Waals surface area contributed by atoms with Gasteiger partial charge >= 0.3 is 12.0 Å². The van der Waals surface area contributed by atoms with E-state index in [-0.39, 0.29) is 11.7 Å². The van der Waals surface area contributed by atoms with Crippen molar-refractivity contribution < 1.29 is 22.1 Å². The Hall–Kier alpha value is -3.25. The first-order valence-corrected chi connectivity index (χ1v) is 12.1. The highest BCUT2D eigenvalue weighted by Gasteiger charge is 2.61. The number of hydrogen-bond donors (Lipinski definition) is 1. The molecule has 2 aromatic carbocycles. The summed E-state index contributed by atoms with van der Waals surface area (Å²) in [5, 5.41) is 10.9. The average molecular weight is 493 g/mol. The van der Waals surface area contributed by atoms with E-state index in [0.29, 0.717) is 16.8 Å². The third-order valence-electron chi connectivity index (χ3n) is 6.78. The zero-order valence-electron chi connectivity index (χ0n) is 24.7. The fourth-order valence-electron chi connectivity index (χ4n) is 4.54. The normalized spacial score (nSPS) is 16.1. The molecule has 2 atom stereocenters. The van der Waals surface area contributed by atoms with Gasteiger partial charge in [0.1, 0.15) is 0 Å². The first kappa shape index (κ1) is 24.4. The molecular weight excluding hydrogens is 452 g/mol. The van der Waals surface area contributed by atoms with E-state index < -0.39 is 29.6 Å². The van der Waals surface area contributed by atoms with Crippen molar-refractivity contribution in [3.05, 3.63) is 87.2 Å². The Morgan fingerprint density at radius 1 is 1.03 bits per heavy atom. The van der Waals surface area contributed by atoms with Crippen LogP contribution < -0.4 is 4.74 Å². The van der Waals surface area contributed by atoms with Crippen LogP contribution in [0, 0.1) is 34.6 Å². The maximum atomic E-state index is 13.4. The predicted octanol–water partition coefficient (Wildman–Crippen LogP) is 6.17. The second-order valence-electron chi connectivity index (χ2n) is 9.76. The Kier molecular flexibility index (Phi) is 7.06. The third kappa shape index (κ3) is 4.87. The number of rotatable bonds is 9.